The smallest absolute Gasteiger partial charge is 0.330 e. The summed E-state index contributed by atoms with van der Waals surface area (Å²) in [5.41, 5.74) is 0.176. The predicted molar refractivity (Wildman–Crippen MR) is 65.3 cm³/mol. The molecule has 0 saturated carbocycles. The Labute approximate surface area is 102 Å². The molecule has 0 radical (unpaired) electrons. The van der Waals surface area contributed by atoms with Gasteiger partial charge in [-0.15, -0.1) is 0 Å². The lowest BCUT2D eigenvalue weighted by Crippen LogP contribution is -2.20. The van der Waals surface area contributed by atoms with Crippen molar-refractivity contribution in [3.8, 4) is 0 Å². The number of hydrogen-bond acceptors (Lipinski definition) is 4. The molecule has 1 atom stereocenters. The lowest BCUT2D eigenvalue weighted by Gasteiger charge is -2.14. The number of carbonyl (C=O) groups is 1. The molecule has 0 aliphatic carbocycles. The minimum Gasteiger partial charge on any atom is -0.495 e. The molecule has 0 fully saturated rings. The normalized spacial score (nSPS) is 10.2. The Balaban J connectivity index is 0. The minimum atomic E-state index is -0.935. The van der Waals surface area contributed by atoms with Gasteiger partial charge >= 0.3 is 5.97 Å². The molecule has 5 nitrogen and oxygen atoms in total. The highest BCUT2D eigenvalue weighted by Crippen LogP contribution is 1.96. The van der Waals surface area contributed by atoms with E-state index in [1.807, 2.05) is 6.92 Å². The average molecular weight is 244 g/mol. The van der Waals surface area contributed by atoms with Crippen LogP contribution in [-0.4, -0.2) is 30.6 Å². The molecule has 0 aliphatic heterocycles. The van der Waals surface area contributed by atoms with E-state index in [0.29, 0.717) is 13.2 Å². The van der Waals surface area contributed by atoms with Gasteiger partial charge in [-0.05, 0) is 13.8 Å². The lowest BCUT2D eigenvalue weighted by atomic mass is 10.4. The molecule has 17 heavy (non-hydrogen) atoms. The number of carboxylic acids is 1. The van der Waals surface area contributed by atoms with Crippen LogP contribution in [0.15, 0.2) is 37.8 Å². The van der Waals surface area contributed by atoms with E-state index in [-0.39, 0.29) is 11.9 Å². The highest BCUT2D eigenvalue weighted by molar-refractivity contribution is 5.84. The Hall–Kier alpha value is -1.75. The van der Waals surface area contributed by atoms with Crippen molar-refractivity contribution >= 4 is 5.97 Å². The van der Waals surface area contributed by atoms with Gasteiger partial charge in [0.25, 0.3) is 0 Å². The SMILES string of the molecule is C=C(C)C(=O)O.C=COCC(OC=C)OCC. The summed E-state index contributed by atoms with van der Waals surface area (Å²) in [7, 11) is 0. The highest BCUT2D eigenvalue weighted by atomic mass is 16.7. The summed E-state index contributed by atoms with van der Waals surface area (Å²) in [4.78, 5) is 9.60. The average Bonchev–Trinajstić information content (AvgIpc) is 2.27. The molecule has 0 aromatic carbocycles. The van der Waals surface area contributed by atoms with E-state index in [0.717, 1.165) is 0 Å². The molecule has 0 saturated heterocycles. The number of aliphatic carboxylic acids is 1. The molecule has 1 N–H and O–H groups in total. The van der Waals surface area contributed by atoms with Crippen LogP contribution >= 0.6 is 0 Å². The molecule has 0 bridgehead atoms. The fourth-order valence-corrected chi connectivity index (χ4v) is 0.567. The van der Waals surface area contributed by atoms with Crippen LogP contribution in [0.2, 0.25) is 0 Å². The molecule has 1 unspecified atom stereocenters. The van der Waals surface area contributed by atoms with Crippen molar-refractivity contribution in [2.24, 2.45) is 0 Å². The first-order valence-electron chi connectivity index (χ1n) is 4.98. The Morgan fingerprint density at radius 2 is 1.94 bits per heavy atom. The molecule has 0 aromatic heterocycles. The zero-order valence-electron chi connectivity index (χ0n) is 10.3. The van der Waals surface area contributed by atoms with E-state index in [1.54, 1.807) is 0 Å². The van der Waals surface area contributed by atoms with Gasteiger partial charge in [0.1, 0.15) is 6.61 Å². The van der Waals surface area contributed by atoms with Gasteiger partial charge in [-0.1, -0.05) is 19.7 Å². The molecule has 0 heterocycles. The van der Waals surface area contributed by atoms with Crippen LogP contribution in [-0.2, 0) is 19.0 Å². The standard InChI is InChI=1S/C8H14O3.C4H6O2/c1-4-9-7-8(10-5-2)11-6-3;1-3(2)4(5)6/h4-5,8H,1-2,6-7H2,3H3;1H2,2H3,(H,5,6). The van der Waals surface area contributed by atoms with Crippen LogP contribution in [0, 0.1) is 0 Å². The zero-order chi connectivity index (χ0) is 13.7. The molecule has 5 heteroatoms. The molecular formula is C12H20O5. The Morgan fingerprint density at radius 3 is 2.24 bits per heavy atom. The first-order valence-corrected chi connectivity index (χ1v) is 4.98. The van der Waals surface area contributed by atoms with Crippen LogP contribution in [0.1, 0.15) is 13.8 Å². The van der Waals surface area contributed by atoms with Gasteiger partial charge in [-0.2, -0.15) is 0 Å². The fraction of sp³-hybridized carbons (Fsp3) is 0.417. The van der Waals surface area contributed by atoms with E-state index >= 15 is 0 Å². The van der Waals surface area contributed by atoms with Gasteiger partial charge in [0.15, 0.2) is 0 Å². The van der Waals surface area contributed by atoms with Gasteiger partial charge in [0.05, 0.1) is 12.5 Å². The third-order valence-corrected chi connectivity index (χ3v) is 1.32. The first kappa shape index (κ1) is 17.6. The fourth-order valence-electron chi connectivity index (χ4n) is 0.567. The molecule has 98 valence electrons. The maximum absolute atomic E-state index is 9.60. The summed E-state index contributed by atoms with van der Waals surface area (Å²) in [6.45, 7) is 14.2. The van der Waals surface area contributed by atoms with E-state index in [2.05, 4.69) is 19.7 Å². The van der Waals surface area contributed by atoms with Crippen molar-refractivity contribution in [1.29, 1.82) is 0 Å². The summed E-state index contributed by atoms with van der Waals surface area (Å²) in [6, 6.07) is 0. The monoisotopic (exact) mass is 244 g/mol. The Kier molecular flexibility index (Phi) is 12.8. The summed E-state index contributed by atoms with van der Waals surface area (Å²) < 4.78 is 14.9. The second-order valence-corrected chi connectivity index (χ2v) is 2.77. The van der Waals surface area contributed by atoms with Crippen molar-refractivity contribution < 1.29 is 24.1 Å². The van der Waals surface area contributed by atoms with Crippen molar-refractivity contribution in [3.63, 3.8) is 0 Å². The van der Waals surface area contributed by atoms with Gasteiger partial charge in [-0.25, -0.2) is 4.79 Å². The topological polar surface area (TPSA) is 65.0 Å². The van der Waals surface area contributed by atoms with E-state index in [9.17, 15) is 4.79 Å². The quantitative estimate of drug-likeness (QED) is 0.403. The predicted octanol–water partition coefficient (Wildman–Crippen LogP) is 2.32. The first-order chi connectivity index (χ1) is 7.99. The van der Waals surface area contributed by atoms with Crippen molar-refractivity contribution in [3.05, 3.63) is 37.8 Å². The summed E-state index contributed by atoms with van der Waals surface area (Å²) >= 11 is 0. The third kappa shape index (κ3) is 14.2. The maximum atomic E-state index is 9.60. The summed E-state index contributed by atoms with van der Waals surface area (Å²) in [5.74, 6) is -0.935. The Morgan fingerprint density at radius 1 is 1.41 bits per heavy atom. The molecule has 0 aliphatic rings. The number of rotatable bonds is 8. The molecule has 0 spiro atoms. The van der Waals surface area contributed by atoms with Crippen LogP contribution in [0.3, 0.4) is 0 Å². The van der Waals surface area contributed by atoms with Crippen molar-refractivity contribution in [2.45, 2.75) is 20.1 Å². The van der Waals surface area contributed by atoms with Crippen molar-refractivity contribution in [1.82, 2.24) is 0 Å². The van der Waals surface area contributed by atoms with Gasteiger partial charge in [0.2, 0.25) is 6.29 Å². The number of carboxylic acid groups (broad SMARTS) is 1. The van der Waals surface area contributed by atoms with Crippen LogP contribution in [0.4, 0.5) is 0 Å². The minimum absolute atomic E-state index is 0.176. The Bertz CT molecular complexity index is 235. The molecular weight excluding hydrogens is 224 g/mol. The number of hydrogen-bond donors (Lipinski definition) is 1. The van der Waals surface area contributed by atoms with E-state index in [4.69, 9.17) is 19.3 Å². The second kappa shape index (κ2) is 12.3. The molecule has 0 rings (SSSR count). The summed E-state index contributed by atoms with van der Waals surface area (Å²) in [5, 5.41) is 7.89. The van der Waals surface area contributed by atoms with Crippen molar-refractivity contribution in [2.75, 3.05) is 13.2 Å². The van der Waals surface area contributed by atoms with E-state index in [1.165, 1.54) is 19.4 Å². The molecule has 0 amide bonds. The zero-order valence-corrected chi connectivity index (χ0v) is 10.3. The van der Waals surface area contributed by atoms with E-state index < -0.39 is 5.97 Å². The van der Waals surface area contributed by atoms with Crippen LogP contribution in [0.5, 0.6) is 0 Å². The highest BCUT2D eigenvalue weighted by Gasteiger charge is 2.05. The number of ether oxygens (including phenoxy) is 3. The molecule has 0 aromatic rings. The third-order valence-electron chi connectivity index (χ3n) is 1.32. The maximum Gasteiger partial charge on any atom is 0.330 e. The lowest BCUT2D eigenvalue weighted by molar-refractivity contribution is -0.132. The van der Waals surface area contributed by atoms with Crippen LogP contribution in [0.25, 0.3) is 0 Å². The van der Waals surface area contributed by atoms with Crippen LogP contribution < -0.4 is 0 Å². The van der Waals surface area contributed by atoms with Gasteiger partial charge in [0, 0.05) is 12.2 Å². The van der Waals surface area contributed by atoms with Gasteiger partial charge < -0.3 is 19.3 Å². The summed E-state index contributed by atoms with van der Waals surface area (Å²) in [6.07, 6.45) is 2.29. The van der Waals surface area contributed by atoms with Gasteiger partial charge in [-0.3, -0.25) is 0 Å². The second-order valence-electron chi connectivity index (χ2n) is 2.77. The largest absolute Gasteiger partial charge is 0.495 e.